The number of nitrogens with one attached hydrogen (secondary N) is 1. The van der Waals surface area contributed by atoms with Crippen LogP contribution in [0, 0.1) is 0 Å². The van der Waals surface area contributed by atoms with Gasteiger partial charge in [0.25, 0.3) is 5.91 Å². The Hall–Kier alpha value is -1.78. The molecule has 1 aliphatic rings. The maximum absolute atomic E-state index is 12.1. The molecule has 2 N–H and O–H groups in total. The predicted molar refractivity (Wildman–Crippen MR) is 66.5 cm³/mol. The molecule has 1 saturated carbocycles. The number of nitrogens with zero attached hydrogens (tertiary/aromatic N) is 1. The number of carboxylic acids is 1. The van der Waals surface area contributed by atoms with E-state index in [1.807, 2.05) is 16.8 Å². The normalized spacial score (nSPS) is 16.1. The Balaban J connectivity index is 2.14. The molecule has 1 aliphatic carbocycles. The highest BCUT2D eigenvalue weighted by Gasteiger charge is 2.31. The van der Waals surface area contributed by atoms with E-state index in [4.69, 9.17) is 5.11 Å². The Morgan fingerprint density at radius 3 is 2.61 bits per heavy atom. The van der Waals surface area contributed by atoms with Gasteiger partial charge in [0.2, 0.25) is 0 Å². The second-order valence-electron chi connectivity index (χ2n) is 5.27. The van der Waals surface area contributed by atoms with E-state index in [-0.39, 0.29) is 5.91 Å². The van der Waals surface area contributed by atoms with Crippen molar-refractivity contribution in [2.24, 2.45) is 0 Å². The molecule has 98 valence electrons. The summed E-state index contributed by atoms with van der Waals surface area (Å²) in [5.41, 5.74) is -0.722. The third kappa shape index (κ3) is 2.25. The molecule has 0 radical (unpaired) electrons. The fourth-order valence-electron chi connectivity index (χ4n) is 1.97. The minimum atomic E-state index is -1.26. The number of hydrogen-bond acceptors (Lipinski definition) is 2. The molecule has 0 unspecified atom stereocenters. The summed E-state index contributed by atoms with van der Waals surface area (Å²) < 4.78 is 1.94. The molecule has 0 saturated heterocycles. The molecule has 1 amide bonds. The third-order valence-electron chi connectivity index (χ3n) is 3.44. The predicted octanol–water partition coefficient (Wildman–Crippen LogP) is 1.81. The summed E-state index contributed by atoms with van der Waals surface area (Å²) in [6.07, 6.45) is 5.23. The van der Waals surface area contributed by atoms with Crippen molar-refractivity contribution < 1.29 is 14.7 Å². The zero-order valence-electron chi connectivity index (χ0n) is 10.6. The average Bonchev–Trinajstić information content (AvgIpc) is 2.62. The van der Waals surface area contributed by atoms with Crippen LogP contribution in [0.1, 0.15) is 49.6 Å². The van der Waals surface area contributed by atoms with Gasteiger partial charge in [-0.15, -0.1) is 0 Å². The summed E-state index contributed by atoms with van der Waals surface area (Å²) >= 11 is 0. The lowest BCUT2D eigenvalue weighted by atomic mass is 9.93. The van der Waals surface area contributed by atoms with Crippen molar-refractivity contribution in [3.05, 3.63) is 24.0 Å². The van der Waals surface area contributed by atoms with Gasteiger partial charge in [-0.05, 0) is 45.2 Å². The van der Waals surface area contributed by atoms with Gasteiger partial charge >= 0.3 is 5.97 Å². The number of hydrogen-bond donors (Lipinski definition) is 2. The number of carboxylic acid groups (broad SMARTS) is 1. The van der Waals surface area contributed by atoms with E-state index in [2.05, 4.69) is 5.32 Å². The summed E-state index contributed by atoms with van der Waals surface area (Å²) in [4.78, 5) is 23.1. The lowest BCUT2D eigenvalue weighted by Crippen LogP contribution is -2.50. The van der Waals surface area contributed by atoms with Crippen LogP contribution in [-0.2, 0) is 4.79 Å². The molecule has 0 aromatic carbocycles. The summed E-state index contributed by atoms with van der Waals surface area (Å²) in [5, 5.41) is 11.5. The van der Waals surface area contributed by atoms with Crippen molar-refractivity contribution in [2.45, 2.75) is 44.7 Å². The second kappa shape index (κ2) is 4.48. The van der Waals surface area contributed by atoms with E-state index in [1.165, 1.54) is 20.3 Å². The molecule has 0 atom stereocenters. The molecule has 18 heavy (non-hydrogen) atoms. The van der Waals surface area contributed by atoms with Crippen LogP contribution in [0.2, 0.25) is 0 Å². The smallest absolute Gasteiger partial charge is 0.328 e. The van der Waals surface area contributed by atoms with Crippen LogP contribution in [0.5, 0.6) is 0 Å². The highest BCUT2D eigenvalue weighted by atomic mass is 16.4. The minimum Gasteiger partial charge on any atom is -0.480 e. The quantitative estimate of drug-likeness (QED) is 0.856. The first kappa shape index (κ1) is 12.7. The molecule has 0 bridgehead atoms. The molecular weight excluding hydrogens is 232 g/mol. The summed E-state index contributed by atoms with van der Waals surface area (Å²) in [6.45, 7) is 2.95. The van der Waals surface area contributed by atoms with Crippen molar-refractivity contribution in [3.63, 3.8) is 0 Å². The van der Waals surface area contributed by atoms with E-state index in [9.17, 15) is 9.59 Å². The zero-order chi connectivity index (χ0) is 13.3. The largest absolute Gasteiger partial charge is 0.480 e. The number of rotatable bonds is 4. The van der Waals surface area contributed by atoms with Gasteiger partial charge in [-0.1, -0.05) is 0 Å². The topological polar surface area (TPSA) is 71.3 Å². The molecule has 5 heteroatoms. The van der Waals surface area contributed by atoms with Crippen LogP contribution >= 0.6 is 0 Å². The van der Waals surface area contributed by atoms with Gasteiger partial charge < -0.3 is 15.0 Å². The van der Waals surface area contributed by atoms with Gasteiger partial charge in [0.15, 0.2) is 0 Å². The molecule has 1 aromatic heterocycles. The molecule has 1 aromatic rings. The first-order chi connectivity index (χ1) is 8.42. The highest BCUT2D eigenvalue weighted by molar-refractivity contribution is 5.96. The maximum atomic E-state index is 12.1. The molecule has 0 spiro atoms. The van der Waals surface area contributed by atoms with Crippen LogP contribution in [0.3, 0.4) is 0 Å². The number of carbonyl (C=O) groups excluding carboxylic acids is 1. The van der Waals surface area contributed by atoms with Crippen molar-refractivity contribution >= 4 is 11.9 Å². The summed E-state index contributed by atoms with van der Waals surface area (Å²) in [5.74, 6) is -1.38. The lowest BCUT2D eigenvalue weighted by molar-refractivity contribution is -0.143. The SMILES string of the molecule is CC(C)(NC(=O)c1cccn1C1CCC1)C(=O)O. The summed E-state index contributed by atoms with van der Waals surface area (Å²) in [6, 6.07) is 3.93. The zero-order valence-corrected chi connectivity index (χ0v) is 10.6. The van der Waals surface area contributed by atoms with Crippen LogP contribution in [0.25, 0.3) is 0 Å². The average molecular weight is 250 g/mol. The first-order valence-corrected chi connectivity index (χ1v) is 6.14. The van der Waals surface area contributed by atoms with Crippen molar-refractivity contribution in [2.75, 3.05) is 0 Å². The Labute approximate surface area is 106 Å². The number of aliphatic carboxylic acids is 1. The van der Waals surface area contributed by atoms with Crippen molar-refractivity contribution in [1.29, 1.82) is 0 Å². The molecule has 0 aliphatic heterocycles. The highest BCUT2D eigenvalue weighted by Crippen LogP contribution is 2.32. The van der Waals surface area contributed by atoms with Gasteiger partial charge in [-0.25, -0.2) is 4.79 Å². The van der Waals surface area contributed by atoms with Gasteiger partial charge in [-0.2, -0.15) is 0 Å². The molecule has 2 rings (SSSR count). The van der Waals surface area contributed by atoms with Gasteiger partial charge in [0.05, 0.1) is 0 Å². The monoisotopic (exact) mass is 250 g/mol. The Morgan fingerprint density at radius 1 is 1.44 bits per heavy atom. The first-order valence-electron chi connectivity index (χ1n) is 6.14. The maximum Gasteiger partial charge on any atom is 0.328 e. The van der Waals surface area contributed by atoms with Gasteiger partial charge in [-0.3, -0.25) is 4.79 Å². The number of aromatic nitrogens is 1. The number of carbonyl (C=O) groups is 2. The van der Waals surface area contributed by atoms with E-state index in [0.717, 1.165) is 12.8 Å². The molecule has 5 nitrogen and oxygen atoms in total. The van der Waals surface area contributed by atoms with E-state index in [0.29, 0.717) is 11.7 Å². The standard InChI is InChI=1S/C13H18N2O3/c1-13(2,12(17)18)14-11(16)10-7-4-8-15(10)9-5-3-6-9/h4,7-9H,3,5-6H2,1-2H3,(H,14,16)(H,17,18). The minimum absolute atomic E-state index is 0.334. The fourth-order valence-corrected chi connectivity index (χ4v) is 1.97. The second-order valence-corrected chi connectivity index (χ2v) is 5.27. The molecular formula is C13H18N2O3. The van der Waals surface area contributed by atoms with Gasteiger partial charge in [0.1, 0.15) is 11.2 Å². The van der Waals surface area contributed by atoms with E-state index in [1.54, 1.807) is 6.07 Å². The van der Waals surface area contributed by atoms with Crippen molar-refractivity contribution in [3.8, 4) is 0 Å². The van der Waals surface area contributed by atoms with Crippen molar-refractivity contribution in [1.82, 2.24) is 9.88 Å². The van der Waals surface area contributed by atoms with Crippen LogP contribution in [0.15, 0.2) is 18.3 Å². The van der Waals surface area contributed by atoms with Crippen LogP contribution in [0.4, 0.5) is 0 Å². The van der Waals surface area contributed by atoms with Gasteiger partial charge in [0, 0.05) is 12.2 Å². The van der Waals surface area contributed by atoms with E-state index >= 15 is 0 Å². The Bertz CT molecular complexity index is 472. The molecule has 1 fully saturated rings. The fraction of sp³-hybridized carbons (Fsp3) is 0.538. The third-order valence-corrected chi connectivity index (χ3v) is 3.44. The Kier molecular flexibility index (Phi) is 3.15. The lowest BCUT2D eigenvalue weighted by Gasteiger charge is -2.29. The molecule has 1 heterocycles. The van der Waals surface area contributed by atoms with Crippen LogP contribution < -0.4 is 5.32 Å². The van der Waals surface area contributed by atoms with E-state index < -0.39 is 11.5 Å². The summed E-state index contributed by atoms with van der Waals surface area (Å²) in [7, 11) is 0. The Morgan fingerprint density at radius 2 is 2.11 bits per heavy atom. The van der Waals surface area contributed by atoms with Crippen LogP contribution in [-0.4, -0.2) is 27.1 Å². The number of amides is 1.